The summed E-state index contributed by atoms with van der Waals surface area (Å²) in [7, 11) is -3.28. The zero-order chi connectivity index (χ0) is 17.3. The molecule has 0 bridgehead atoms. The first-order valence-corrected chi connectivity index (χ1v) is 9.87. The quantitative estimate of drug-likeness (QED) is 0.745. The molecular weight excluding hydrogens is 332 g/mol. The summed E-state index contributed by atoms with van der Waals surface area (Å²) in [4.78, 5) is 22.6. The molecule has 0 aliphatic carbocycles. The first kappa shape index (κ1) is 17.2. The number of rotatable bonds is 2. The molecule has 132 valence electrons. The van der Waals surface area contributed by atoms with Crippen molar-refractivity contribution < 1.29 is 17.9 Å². The molecule has 3 rings (SSSR count). The highest BCUT2D eigenvalue weighted by atomic mass is 32.2. The fourth-order valence-corrected chi connectivity index (χ4v) is 4.46. The zero-order valence-electron chi connectivity index (χ0n) is 13.9. The Hall–Kier alpha value is -1.58. The molecule has 0 saturated carbocycles. The van der Waals surface area contributed by atoms with E-state index in [1.165, 1.54) is 16.8 Å². The Labute approximate surface area is 141 Å². The first-order valence-electron chi connectivity index (χ1n) is 8.02. The molecule has 0 unspecified atom stereocenters. The molecule has 24 heavy (non-hydrogen) atoms. The third-order valence-corrected chi connectivity index (χ3v) is 5.84. The highest BCUT2D eigenvalue weighted by Gasteiger charge is 2.39. The minimum absolute atomic E-state index is 0.171. The van der Waals surface area contributed by atoms with Crippen LogP contribution in [-0.4, -0.2) is 78.1 Å². The number of aryl methyl sites for hydroxylation is 1. The van der Waals surface area contributed by atoms with Gasteiger partial charge in [0.15, 0.2) is 0 Å². The summed E-state index contributed by atoms with van der Waals surface area (Å²) in [6, 6.07) is -0.212. The van der Waals surface area contributed by atoms with Gasteiger partial charge in [0.2, 0.25) is 10.0 Å². The van der Waals surface area contributed by atoms with Crippen LogP contribution in [0, 0.1) is 6.92 Å². The van der Waals surface area contributed by atoms with Gasteiger partial charge in [-0.1, -0.05) is 0 Å². The number of aromatic nitrogens is 2. The number of morpholine rings is 1. The molecular formula is C15H22N4O4S. The van der Waals surface area contributed by atoms with Crippen molar-refractivity contribution in [1.82, 2.24) is 19.2 Å². The highest BCUT2D eigenvalue weighted by molar-refractivity contribution is 7.88. The lowest BCUT2D eigenvalue weighted by atomic mass is 10.0. The van der Waals surface area contributed by atoms with Crippen molar-refractivity contribution >= 4 is 15.9 Å². The summed E-state index contributed by atoms with van der Waals surface area (Å²) in [6.45, 7) is 3.58. The van der Waals surface area contributed by atoms with Crippen molar-refractivity contribution in [2.24, 2.45) is 0 Å². The van der Waals surface area contributed by atoms with E-state index in [2.05, 4.69) is 9.97 Å². The molecule has 0 spiro atoms. The van der Waals surface area contributed by atoms with Gasteiger partial charge >= 0.3 is 0 Å². The average Bonchev–Trinajstić information content (AvgIpc) is 2.76. The summed E-state index contributed by atoms with van der Waals surface area (Å²) in [5.74, 6) is -0.174. The summed E-state index contributed by atoms with van der Waals surface area (Å²) in [5, 5.41) is 0. The molecule has 2 atom stereocenters. The Morgan fingerprint density at radius 2 is 1.96 bits per heavy atom. The van der Waals surface area contributed by atoms with Gasteiger partial charge in [-0.3, -0.25) is 9.78 Å². The van der Waals surface area contributed by atoms with Crippen molar-refractivity contribution in [2.75, 3.05) is 32.5 Å². The van der Waals surface area contributed by atoms with Crippen LogP contribution in [0.25, 0.3) is 0 Å². The number of hydrogen-bond acceptors (Lipinski definition) is 6. The number of likely N-dealkylation sites (tertiary alicyclic amines) is 1. The lowest BCUT2D eigenvalue weighted by molar-refractivity contribution is -0.0406. The summed E-state index contributed by atoms with van der Waals surface area (Å²) < 4.78 is 31.3. The van der Waals surface area contributed by atoms with E-state index in [9.17, 15) is 13.2 Å². The van der Waals surface area contributed by atoms with Crippen LogP contribution in [0.4, 0.5) is 0 Å². The van der Waals surface area contributed by atoms with Crippen molar-refractivity contribution in [1.29, 1.82) is 0 Å². The summed E-state index contributed by atoms with van der Waals surface area (Å²) in [6.07, 6.45) is 5.28. The smallest absolute Gasteiger partial charge is 0.274 e. The van der Waals surface area contributed by atoms with Gasteiger partial charge in [0.25, 0.3) is 5.91 Å². The van der Waals surface area contributed by atoms with E-state index >= 15 is 0 Å². The van der Waals surface area contributed by atoms with Crippen LogP contribution in [0.3, 0.4) is 0 Å². The van der Waals surface area contributed by atoms with Crippen LogP contribution in [0.2, 0.25) is 0 Å². The van der Waals surface area contributed by atoms with E-state index < -0.39 is 10.0 Å². The molecule has 2 aliphatic heterocycles. The molecule has 0 radical (unpaired) electrons. The van der Waals surface area contributed by atoms with E-state index in [-0.39, 0.29) is 18.1 Å². The van der Waals surface area contributed by atoms with Crippen molar-refractivity contribution in [2.45, 2.75) is 31.9 Å². The third kappa shape index (κ3) is 3.57. The van der Waals surface area contributed by atoms with Gasteiger partial charge in [0, 0.05) is 25.8 Å². The number of carbonyl (C=O) groups is 1. The largest absolute Gasteiger partial charge is 0.375 e. The van der Waals surface area contributed by atoms with Gasteiger partial charge in [-0.15, -0.1) is 0 Å². The fourth-order valence-electron chi connectivity index (χ4n) is 3.32. The molecule has 2 aliphatic rings. The van der Waals surface area contributed by atoms with Crippen LogP contribution >= 0.6 is 0 Å². The Morgan fingerprint density at radius 3 is 2.62 bits per heavy atom. The molecule has 0 aromatic carbocycles. The predicted molar refractivity (Wildman–Crippen MR) is 87.0 cm³/mol. The Morgan fingerprint density at radius 1 is 1.21 bits per heavy atom. The van der Waals surface area contributed by atoms with Gasteiger partial charge in [-0.05, 0) is 19.8 Å². The van der Waals surface area contributed by atoms with Crippen LogP contribution in [0.15, 0.2) is 12.4 Å². The number of hydrogen-bond donors (Lipinski definition) is 0. The second-order valence-corrected chi connectivity index (χ2v) is 8.20. The lowest BCUT2D eigenvalue weighted by Crippen LogP contribution is -2.53. The summed E-state index contributed by atoms with van der Waals surface area (Å²) >= 11 is 0. The topological polar surface area (TPSA) is 92.7 Å². The number of carbonyl (C=O) groups excluding carboxylic acids is 1. The molecule has 1 aromatic rings. The lowest BCUT2D eigenvalue weighted by Gasteiger charge is -2.38. The molecule has 3 heterocycles. The Balaban J connectivity index is 1.74. The number of ether oxygens (including phenoxy) is 1. The normalized spacial score (nSPS) is 25.8. The van der Waals surface area contributed by atoms with E-state index in [0.717, 1.165) is 5.69 Å². The van der Waals surface area contributed by atoms with E-state index in [4.69, 9.17) is 4.74 Å². The van der Waals surface area contributed by atoms with Crippen molar-refractivity contribution in [3.05, 3.63) is 23.8 Å². The molecule has 8 nitrogen and oxygen atoms in total. The average molecular weight is 354 g/mol. The number of fused-ring (bicyclic) bond motifs is 1. The predicted octanol–water partition coefficient (Wildman–Crippen LogP) is 0.0500. The maximum Gasteiger partial charge on any atom is 0.274 e. The van der Waals surface area contributed by atoms with Gasteiger partial charge in [-0.2, -0.15) is 4.31 Å². The number of amides is 1. The van der Waals surface area contributed by atoms with Crippen molar-refractivity contribution in [3.8, 4) is 0 Å². The van der Waals surface area contributed by atoms with Gasteiger partial charge in [-0.25, -0.2) is 13.4 Å². The Kier molecular flexibility index (Phi) is 4.84. The zero-order valence-corrected chi connectivity index (χ0v) is 14.7. The molecule has 1 aromatic heterocycles. The molecule has 9 heteroatoms. The van der Waals surface area contributed by atoms with E-state index in [0.29, 0.717) is 44.8 Å². The van der Waals surface area contributed by atoms with Gasteiger partial charge in [0.1, 0.15) is 5.69 Å². The van der Waals surface area contributed by atoms with Gasteiger partial charge < -0.3 is 9.64 Å². The van der Waals surface area contributed by atoms with Crippen LogP contribution < -0.4 is 0 Å². The van der Waals surface area contributed by atoms with Crippen LogP contribution in [0.5, 0.6) is 0 Å². The van der Waals surface area contributed by atoms with E-state index in [1.807, 2.05) is 6.92 Å². The number of sulfonamides is 1. The second kappa shape index (κ2) is 6.73. The van der Waals surface area contributed by atoms with Crippen LogP contribution in [0.1, 0.15) is 29.0 Å². The minimum Gasteiger partial charge on any atom is -0.375 e. The van der Waals surface area contributed by atoms with Gasteiger partial charge in [0.05, 0.1) is 36.9 Å². The standard InChI is InChI=1S/C15H22N4O4S/c1-11-9-17-12(10-16-11)15(20)18-5-3-13-14(4-6-18)23-8-7-19(13)24(2,21)22/h9-10,13-14H,3-8H2,1-2H3/t13-,14-/m1/s1. The maximum absolute atomic E-state index is 12.6. The first-order chi connectivity index (χ1) is 11.4. The highest BCUT2D eigenvalue weighted by Crippen LogP contribution is 2.26. The monoisotopic (exact) mass is 354 g/mol. The molecule has 1 amide bonds. The minimum atomic E-state index is -3.28. The maximum atomic E-state index is 12.6. The molecule has 0 N–H and O–H groups in total. The number of nitrogens with zero attached hydrogens (tertiary/aromatic N) is 4. The summed E-state index contributed by atoms with van der Waals surface area (Å²) in [5.41, 5.74) is 1.07. The second-order valence-electron chi connectivity index (χ2n) is 6.26. The molecule has 2 fully saturated rings. The van der Waals surface area contributed by atoms with Crippen LogP contribution in [-0.2, 0) is 14.8 Å². The fraction of sp³-hybridized carbons (Fsp3) is 0.667. The third-order valence-electron chi connectivity index (χ3n) is 4.53. The van der Waals surface area contributed by atoms with Crippen molar-refractivity contribution in [3.63, 3.8) is 0 Å². The Bertz CT molecular complexity index is 707. The SMILES string of the molecule is Cc1cnc(C(=O)N2CC[C@@H]3[C@@H](CC2)OCCN3S(C)(=O)=O)cn1. The van der Waals surface area contributed by atoms with E-state index in [1.54, 1.807) is 11.1 Å². The molecule has 2 saturated heterocycles.